The zero-order valence-electron chi connectivity index (χ0n) is 7.53. The van der Waals surface area contributed by atoms with Crippen LogP contribution in [0.25, 0.3) is 0 Å². The molecule has 13 heavy (non-hydrogen) atoms. The summed E-state index contributed by atoms with van der Waals surface area (Å²) in [4.78, 5) is 0. The van der Waals surface area contributed by atoms with Crippen molar-refractivity contribution in [2.75, 3.05) is 0 Å². The molecule has 0 aliphatic carbocycles. The molecule has 1 nitrogen and oxygen atoms in total. The van der Waals surface area contributed by atoms with E-state index in [1.165, 1.54) is 11.8 Å². The molecule has 0 aliphatic rings. The Balaban J connectivity index is 2.73. The second-order valence-electron chi connectivity index (χ2n) is 2.78. The predicted molar refractivity (Wildman–Crippen MR) is 57.2 cm³/mol. The molecule has 0 bridgehead atoms. The topological polar surface area (TPSA) is 23.9 Å². The van der Waals surface area contributed by atoms with Gasteiger partial charge < -0.3 is 5.41 Å². The Morgan fingerprint density at radius 2 is 2.00 bits per heavy atom. The molecule has 0 aliphatic heterocycles. The van der Waals surface area contributed by atoms with Gasteiger partial charge in [0.25, 0.3) is 0 Å². The normalized spacial score (nSPS) is 10.9. The lowest BCUT2D eigenvalue weighted by Crippen LogP contribution is -1.90. The molecule has 0 heterocycles. The van der Waals surface area contributed by atoms with Crippen molar-refractivity contribution < 1.29 is 0 Å². The third-order valence-electron chi connectivity index (χ3n) is 1.77. The largest absolute Gasteiger partial charge is 0.308 e. The maximum atomic E-state index is 7.17. The van der Waals surface area contributed by atoms with E-state index in [1.54, 1.807) is 6.08 Å². The molecular formula is C12H13N. The molecule has 1 N–H and O–H groups in total. The van der Waals surface area contributed by atoms with Crippen LogP contribution in [0.1, 0.15) is 5.56 Å². The summed E-state index contributed by atoms with van der Waals surface area (Å²) in [5, 5.41) is 7.17. The zero-order valence-corrected chi connectivity index (χ0v) is 7.53. The van der Waals surface area contributed by atoms with Gasteiger partial charge in [-0.25, -0.2) is 0 Å². The SMILES string of the molecule is C=C/C=C(\C=N)Cc1ccccc1. The van der Waals surface area contributed by atoms with E-state index in [0.717, 1.165) is 12.0 Å². The van der Waals surface area contributed by atoms with E-state index in [4.69, 9.17) is 5.41 Å². The molecule has 0 aromatic heterocycles. The molecule has 0 fully saturated rings. The van der Waals surface area contributed by atoms with Crippen LogP contribution in [0, 0.1) is 5.41 Å². The first kappa shape index (κ1) is 9.46. The van der Waals surface area contributed by atoms with E-state index in [-0.39, 0.29) is 0 Å². The van der Waals surface area contributed by atoms with E-state index >= 15 is 0 Å². The Morgan fingerprint density at radius 1 is 1.31 bits per heavy atom. The van der Waals surface area contributed by atoms with Crippen molar-refractivity contribution in [2.24, 2.45) is 0 Å². The molecule has 0 saturated carbocycles. The number of rotatable bonds is 4. The summed E-state index contributed by atoms with van der Waals surface area (Å²) in [6.07, 6.45) is 5.74. The summed E-state index contributed by atoms with van der Waals surface area (Å²) in [5.74, 6) is 0. The van der Waals surface area contributed by atoms with Crippen LogP contribution < -0.4 is 0 Å². The lowest BCUT2D eigenvalue weighted by molar-refractivity contribution is 1.22. The van der Waals surface area contributed by atoms with Gasteiger partial charge in [0.2, 0.25) is 0 Å². The van der Waals surface area contributed by atoms with Crippen molar-refractivity contribution in [2.45, 2.75) is 6.42 Å². The molecule has 0 radical (unpaired) electrons. The van der Waals surface area contributed by atoms with Gasteiger partial charge in [-0.05, 0) is 17.6 Å². The number of hydrogen-bond acceptors (Lipinski definition) is 1. The molecule has 66 valence electrons. The van der Waals surface area contributed by atoms with E-state index < -0.39 is 0 Å². The first-order valence-corrected chi connectivity index (χ1v) is 4.23. The molecule has 1 aromatic carbocycles. The third-order valence-corrected chi connectivity index (χ3v) is 1.77. The Hall–Kier alpha value is -1.63. The molecule has 0 unspecified atom stereocenters. The van der Waals surface area contributed by atoms with E-state index in [2.05, 4.69) is 18.7 Å². The van der Waals surface area contributed by atoms with Gasteiger partial charge in [-0.3, -0.25) is 0 Å². The molecule has 0 atom stereocenters. The Bertz CT molecular complexity index is 309. The number of benzene rings is 1. The van der Waals surface area contributed by atoms with Gasteiger partial charge in [0.1, 0.15) is 0 Å². The van der Waals surface area contributed by atoms with E-state index in [9.17, 15) is 0 Å². The molecule has 1 rings (SSSR count). The number of nitrogens with one attached hydrogen (secondary N) is 1. The predicted octanol–water partition coefficient (Wildman–Crippen LogP) is 2.99. The monoisotopic (exact) mass is 171 g/mol. The van der Waals surface area contributed by atoms with Crippen LogP contribution in [0.2, 0.25) is 0 Å². The van der Waals surface area contributed by atoms with Crippen LogP contribution in [0.3, 0.4) is 0 Å². The fraction of sp³-hybridized carbons (Fsp3) is 0.0833. The average molecular weight is 171 g/mol. The third kappa shape index (κ3) is 3.08. The van der Waals surface area contributed by atoms with E-state index in [0.29, 0.717) is 0 Å². The molecule has 0 saturated heterocycles. The Labute approximate surface area is 78.9 Å². The summed E-state index contributed by atoms with van der Waals surface area (Å²) in [7, 11) is 0. The number of hydrogen-bond donors (Lipinski definition) is 1. The second-order valence-corrected chi connectivity index (χ2v) is 2.78. The first-order chi connectivity index (χ1) is 6.36. The first-order valence-electron chi connectivity index (χ1n) is 4.23. The van der Waals surface area contributed by atoms with Gasteiger partial charge in [-0.15, -0.1) is 0 Å². The lowest BCUT2D eigenvalue weighted by Gasteiger charge is -1.99. The van der Waals surface area contributed by atoms with Crippen molar-refractivity contribution >= 4 is 6.21 Å². The molecule has 1 heteroatoms. The van der Waals surface area contributed by atoms with Crippen molar-refractivity contribution in [3.05, 3.63) is 60.2 Å². The standard InChI is InChI=1S/C12H13N/c1-2-6-12(10-13)9-11-7-4-3-5-8-11/h2-8,10,13H,1,9H2/b12-6-,13-10?. The summed E-state index contributed by atoms with van der Waals surface area (Å²) in [5.41, 5.74) is 2.19. The highest BCUT2D eigenvalue weighted by Gasteiger charge is 1.93. The summed E-state index contributed by atoms with van der Waals surface area (Å²) in [6.45, 7) is 3.61. The maximum Gasteiger partial charge on any atom is 0.0213 e. The van der Waals surface area contributed by atoms with Gasteiger partial charge in [-0.1, -0.05) is 49.1 Å². The summed E-state index contributed by atoms with van der Waals surface area (Å²) in [6, 6.07) is 10.1. The molecule has 1 aromatic rings. The second kappa shape index (κ2) is 5.09. The van der Waals surface area contributed by atoms with Gasteiger partial charge in [0.15, 0.2) is 0 Å². The van der Waals surface area contributed by atoms with Crippen LogP contribution in [0.5, 0.6) is 0 Å². The zero-order chi connectivity index (χ0) is 9.52. The smallest absolute Gasteiger partial charge is 0.0213 e. The van der Waals surface area contributed by atoms with Gasteiger partial charge in [0, 0.05) is 6.21 Å². The fourth-order valence-electron chi connectivity index (χ4n) is 1.14. The lowest BCUT2D eigenvalue weighted by atomic mass is 10.1. The minimum Gasteiger partial charge on any atom is -0.308 e. The van der Waals surface area contributed by atoms with Crippen molar-refractivity contribution in [1.82, 2.24) is 0 Å². The molecule has 0 spiro atoms. The van der Waals surface area contributed by atoms with Crippen LogP contribution >= 0.6 is 0 Å². The Kier molecular flexibility index (Phi) is 3.71. The van der Waals surface area contributed by atoms with Crippen molar-refractivity contribution in [3.8, 4) is 0 Å². The highest BCUT2D eigenvalue weighted by atomic mass is 14.3. The van der Waals surface area contributed by atoms with Gasteiger partial charge >= 0.3 is 0 Å². The minimum atomic E-state index is 0.802. The highest BCUT2D eigenvalue weighted by Crippen LogP contribution is 2.05. The minimum absolute atomic E-state index is 0.802. The quantitative estimate of drug-likeness (QED) is 0.532. The highest BCUT2D eigenvalue weighted by molar-refractivity contribution is 5.76. The van der Waals surface area contributed by atoms with Crippen molar-refractivity contribution in [3.63, 3.8) is 0 Å². The fourth-order valence-corrected chi connectivity index (χ4v) is 1.14. The van der Waals surface area contributed by atoms with Gasteiger partial charge in [-0.2, -0.15) is 0 Å². The van der Waals surface area contributed by atoms with Crippen molar-refractivity contribution in [1.29, 1.82) is 5.41 Å². The van der Waals surface area contributed by atoms with Gasteiger partial charge in [0.05, 0.1) is 0 Å². The maximum absolute atomic E-state index is 7.17. The number of allylic oxidation sites excluding steroid dienone is 3. The van der Waals surface area contributed by atoms with Crippen LogP contribution in [-0.2, 0) is 6.42 Å². The molecular weight excluding hydrogens is 158 g/mol. The summed E-state index contributed by atoms with van der Waals surface area (Å²) >= 11 is 0. The summed E-state index contributed by atoms with van der Waals surface area (Å²) < 4.78 is 0. The van der Waals surface area contributed by atoms with E-state index in [1.807, 2.05) is 24.3 Å². The van der Waals surface area contributed by atoms with Crippen LogP contribution in [0.15, 0.2) is 54.6 Å². The van der Waals surface area contributed by atoms with Crippen LogP contribution in [0.4, 0.5) is 0 Å². The van der Waals surface area contributed by atoms with Crippen LogP contribution in [-0.4, -0.2) is 6.21 Å². The average Bonchev–Trinajstić information content (AvgIpc) is 2.19. The Morgan fingerprint density at radius 3 is 2.54 bits per heavy atom. The molecule has 0 amide bonds.